The van der Waals surface area contributed by atoms with Gasteiger partial charge in [-0.3, -0.25) is 4.79 Å². The first-order valence-corrected chi connectivity index (χ1v) is 5.88. The van der Waals surface area contributed by atoms with Gasteiger partial charge in [0.1, 0.15) is 0 Å². The van der Waals surface area contributed by atoms with Crippen molar-refractivity contribution in [3.63, 3.8) is 0 Å². The number of carbonyl (C=O) groups excluding carboxylic acids is 1. The van der Waals surface area contributed by atoms with Crippen molar-refractivity contribution >= 4 is 28.3 Å². The topological polar surface area (TPSA) is 82.5 Å². The van der Waals surface area contributed by atoms with Crippen molar-refractivity contribution in [2.75, 3.05) is 26.0 Å². The van der Waals surface area contributed by atoms with Gasteiger partial charge in [0.2, 0.25) is 5.91 Å². The highest BCUT2D eigenvalue weighted by molar-refractivity contribution is 7.15. The van der Waals surface area contributed by atoms with Crippen LogP contribution >= 0.6 is 11.3 Å². The Hall–Kier alpha value is -1.63. The molecule has 94 valence electrons. The molecule has 0 aliphatic carbocycles. The van der Waals surface area contributed by atoms with Crippen LogP contribution in [0.3, 0.4) is 0 Å². The lowest BCUT2D eigenvalue weighted by Gasteiger charge is -2.09. The molecule has 0 saturated heterocycles. The summed E-state index contributed by atoms with van der Waals surface area (Å²) in [5, 5.41) is 12.3. The Morgan fingerprint density at radius 1 is 1.47 bits per heavy atom. The minimum Gasteiger partial charge on any atom is -0.476 e. The number of aromatic nitrogens is 1. The van der Waals surface area contributed by atoms with Crippen LogP contribution in [0.25, 0.3) is 0 Å². The van der Waals surface area contributed by atoms with Crippen LogP contribution in [0.15, 0.2) is 0 Å². The smallest absolute Gasteiger partial charge is 0.355 e. The van der Waals surface area contributed by atoms with Crippen molar-refractivity contribution in [1.82, 2.24) is 9.88 Å². The maximum atomic E-state index is 11.3. The molecule has 17 heavy (non-hydrogen) atoms. The second-order valence-corrected chi connectivity index (χ2v) is 4.90. The summed E-state index contributed by atoms with van der Waals surface area (Å²) in [5.41, 5.74) is 0.0661. The fourth-order valence-electron chi connectivity index (χ4n) is 1.17. The molecular formula is C10H15N3O3S. The Morgan fingerprint density at radius 2 is 2.12 bits per heavy atom. The zero-order chi connectivity index (χ0) is 13.0. The number of nitrogens with one attached hydrogen (secondary N) is 1. The van der Waals surface area contributed by atoms with E-state index in [2.05, 4.69) is 10.3 Å². The van der Waals surface area contributed by atoms with Gasteiger partial charge in [-0.2, -0.15) is 0 Å². The van der Waals surface area contributed by atoms with Gasteiger partial charge in [-0.15, -0.1) is 11.3 Å². The Bertz CT molecular complexity index is 428. The number of aromatic carboxylic acids is 1. The molecule has 2 N–H and O–H groups in total. The lowest BCUT2D eigenvalue weighted by molar-refractivity contribution is -0.128. The molecule has 0 unspecified atom stereocenters. The molecule has 1 heterocycles. The lowest BCUT2D eigenvalue weighted by Crippen LogP contribution is -2.23. The van der Waals surface area contributed by atoms with Crippen LogP contribution in [0.2, 0.25) is 0 Å². The Labute approximate surface area is 103 Å². The van der Waals surface area contributed by atoms with E-state index < -0.39 is 5.97 Å². The summed E-state index contributed by atoms with van der Waals surface area (Å²) in [4.78, 5) is 28.1. The number of hydrogen-bond donors (Lipinski definition) is 2. The zero-order valence-corrected chi connectivity index (χ0v) is 10.8. The minimum atomic E-state index is -1.03. The molecule has 0 radical (unpaired) electrons. The molecule has 1 rings (SSSR count). The maximum Gasteiger partial charge on any atom is 0.355 e. The number of anilines is 1. The molecule has 1 aromatic heterocycles. The molecule has 0 atom stereocenters. The molecule has 1 amide bonds. The van der Waals surface area contributed by atoms with Gasteiger partial charge in [-0.05, 0) is 6.92 Å². The van der Waals surface area contributed by atoms with Gasteiger partial charge in [0, 0.05) is 31.9 Å². The van der Waals surface area contributed by atoms with Gasteiger partial charge >= 0.3 is 5.97 Å². The largest absolute Gasteiger partial charge is 0.476 e. The standard InChI is InChI=1S/C10H15N3O3S/c1-6-8(9(15)16)12-10(17-6)11-5-4-7(14)13(2)3/h4-5H2,1-3H3,(H,11,12)(H,15,16). The molecule has 0 bridgehead atoms. The number of hydrogen-bond acceptors (Lipinski definition) is 5. The van der Waals surface area contributed by atoms with Crippen LogP contribution in [0.5, 0.6) is 0 Å². The van der Waals surface area contributed by atoms with Crippen molar-refractivity contribution in [1.29, 1.82) is 0 Å². The number of amides is 1. The highest BCUT2D eigenvalue weighted by atomic mass is 32.1. The number of carbonyl (C=O) groups is 2. The minimum absolute atomic E-state index is 0.0178. The van der Waals surface area contributed by atoms with Gasteiger partial charge in [-0.1, -0.05) is 0 Å². The molecule has 7 heteroatoms. The molecule has 0 spiro atoms. The van der Waals surface area contributed by atoms with E-state index in [1.165, 1.54) is 16.2 Å². The van der Waals surface area contributed by atoms with Crippen LogP contribution in [-0.4, -0.2) is 47.5 Å². The van der Waals surface area contributed by atoms with Crippen molar-refractivity contribution in [3.8, 4) is 0 Å². The van der Waals surface area contributed by atoms with Gasteiger partial charge in [0.25, 0.3) is 0 Å². The summed E-state index contributed by atoms with van der Waals surface area (Å²) in [6.07, 6.45) is 0.355. The number of rotatable bonds is 5. The van der Waals surface area contributed by atoms with E-state index in [0.717, 1.165) is 0 Å². The highest BCUT2D eigenvalue weighted by Gasteiger charge is 2.13. The molecule has 6 nitrogen and oxygen atoms in total. The molecule has 0 fully saturated rings. The summed E-state index contributed by atoms with van der Waals surface area (Å²) in [6.45, 7) is 2.15. The van der Waals surface area contributed by atoms with E-state index in [-0.39, 0.29) is 11.6 Å². The molecule has 0 aliphatic rings. The van der Waals surface area contributed by atoms with Gasteiger partial charge in [0.05, 0.1) is 0 Å². The van der Waals surface area contributed by atoms with Crippen molar-refractivity contribution < 1.29 is 14.7 Å². The third-order valence-electron chi connectivity index (χ3n) is 2.11. The van der Waals surface area contributed by atoms with Crippen molar-refractivity contribution in [3.05, 3.63) is 10.6 Å². The average molecular weight is 257 g/mol. The van der Waals surface area contributed by atoms with Crippen LogP contribution in [0.1, 0.15) is 21.8 Å². The maximum absolute atomic E-state index is 11.3. The molecule has 0 aromatic carbocycles. The predicted octanol–water partition coefficient (Wildman–Crippen LogP) is 1.04. The number of aryl methyl sites for hydroxylation is 1. The normalized spacial score (nSPS) is 10.1. The zero-order valence-electron chi connectivity index (χ0n) is 9.98. The second-order valence-electron chi connectivity index (χ2n) is 3.69. The number of carboxylic acid groups (broad SMARTS) is 1. The Morgan fingerprint density at radius 3 is 2.59 bits per heavy atom. The first-order valence-electron chi connectivity index (χ1n) is 5.06. The lowest BCUT2D eigenvalue weighted by atomic mass is 10.4. The monoisotopic (exact) mass is 257 g/mol. The predicted molar refractivity (Wildman–Crippen MR) is 65.6 cm³/mol. The average Bonchev–Trinajstić information content (AvgIpc) is 2.59. The van der Waals surface area contributed by atoms with Crippen molar-refractivity contribution in [2.24, 2.45) is 0 Å². The van der Waals surface area contributed by atoms with Gasteiger partial charge < -0.3 is 15.3 Å². The molecular weight excluding hydrogens is 242 g/mol. The summed E-state index contributed by atoms with van der Waals surface area (Å²) >= 11 is 1.27. The van der Waals surface area contributed by atoms with E-state index >= 15 is 0 Å². The van der Waals surface area contributed by atoms with Crippen molar-refractivity contribution in [2.45, 2.75) is 13.3 Å². The van der Waals surface area contributed by atoms with Crippen LogP contribution in [0, 0.1) is 6.92 Å². The van der Waals surface area contributed by atoms with E-state index in [0.29, 0.717) is 23.0 Å². The third kappa shape index (κ3) is 3.70. The summed E-state index contributed by atoms with van der Waals surface area (Å²) in [5.74, 6) is -1.01. The number of carboxylic acids is 1. The van der Waals surface area contributed by atoms with Crippen LogP contribution in [-0.2, 0) is 4.79 Å². The van der Waals surface area contributed by atoms with Gasteiger partial charge in [0.15, 0.2) is 10.8 Å². The Balaban J connectivity index is 2.50. The molecule has 0 aliphatic heterocycles. The van der Waals surface area contributed by atoms with E-state index in [9.17, 15) is 9.59 Å². The van der Waals surface area contributed by atoms with E-state index in [4.69, 9.17) is 5.11 Å². The molecule has 0 saturated carbocycles. The summed E-state index contributed by atoms with van der Waals surface area (Å²) < 4.78 is 0. The summed E-state index contributed by atoms with van der Waals surface area (Å²) in [6, 6.07) is 0. The fraction of sp³-hybridized carbons (Fsp3) is 0.500. The first kappa shape index (κ1) is 13.4. The van der Waals surface area contributed by atoms with Crippen LogP contribution < -0.4 is 5.32 Å². The quantitative estimate of drug-likeness (QED) is 0.823. The highest BCUT2D eigenvalue weighted by Crippen LogP contribution is 2.21. The summed E-state index contributed by atoms with van der Waals surface area (Å²) in [7, 11) is 3.39. The number of nitrogens with zero attached hydrogens (tertiary/aromatic N) is 2. The fourth-order valence-corrected chi connectivity index (χ4v) is 2.00. The van der Waals surface area contributed by atoms with E-state index in [1.54, 1.807) is 21.0 Å². The molecule has 1 aromatic rings. The van der Waals surface area contributed by atoms with Crippen LogP contribution in [0.4, 0.5) is 5.13 Å². The van der Waals surface area contributed by atoms with Gasteiger partial charge in [-0.25, -0.2) is 9.78 Å². The SMILES string of the molecule is Cc1sc(NCCC(=O)N(C)C)nc1C(=O)O. The second kappa shape index (κ2) is 5.62. The first-order chi connectivity index (χ1) is 7.91. The number of thiazole rings is 1. The Kier molecular flexibility index (Phi) is 4.45. The van der Waals surface area contributed by atoms with E-state index in [1.807, 2.05) is 0 Å². The third-order valence-corrected chi connectivity index (χ3v) is 3.04.